The molecule has 0 atom stereocenters. The molecule has 4 rings (SSSR count). The van der Waals surface area contributed by atoms with E-state index < -0.39 is 5.41 Å². The molecule has 30 heavy (non-hydrogen) atoms. The molecule has 9 nitrogen and oxygen atoms in total. The van der Waals surface area contributed by atoms with E-state index in [4.69, 9.17) is 14.0 Å². The maximum atomic E-state index is 12.9. The summed E-state index contributed by atoms with van der Waals surface area (Å²) in [6.45, 7) is 4.81. The number of ether oxygens (including phenoxy) is 2. The SMILES string of the molecule is CC(=O)OCC1(CC(=O)N2CCOCC2)CCN(C(=O)c2cc(C3CC3)on2)CC1. The maximum Gasteiger partial charge on any atom is 0.302 e. The second kappa shape index (κ2) is 8.75. The van der Waals surface area contributed by atoms with Crippen molar-refractivity contribution >= 4 is 17.8 Å². The summed E-state index contributed by atoms with van der Waals surface area (Å²) in [6, 6.07) is 1.75. The van der Waals surface area contributed by atoms with Crippen molar-refractivity contribution < 1.29 is 28.4 Å². The second-order valence-electron chi connectivity index (χ2n) is 8.63. The van der Waals surface area contributed by atoms with E-state index in [1.165, 1.54) is 6.92 Å². The van der Waals surface area contributed by atoms with Crippen LogP contribution in [0.4, 0.5) is 0 Å². The minimum atomic E-state index is -0.458. The van der Waals surface area contributed by atoms with Gasteiger partial charge in [0.15, 0.2) is 5.69 Å². The Hall–Kier alpha value is -2.42. The topological polar surface area (TPSA) is 102 Å². The van der Waals surface area contributed by atoms with Crippen LogP contribution in [-0.4, -0.2) is 78.7 Å². The number of rotatable bonds is 6. The van der Waals surface area contributed by atoms with Crippen LogP contribution < -0.4 is 0 Å². The molecule has 164 valence electrons. The molecule has 1 aliphatic carbocycles. The van der Waals surface area contributed by atoms with Crippen LogP contribution >= 0.6 is 0 Å². The van der Waals surface area contributed by atoms with Crippen molar-refractivity contribution in [1.82, 2.24) is 15.0 Å². The van der Waals surface area contributed by atoms with Crippen molar-refractivity contribution in [2.75, 3.05) is 46.0 Å². The summed E-state index contributed by atoms with van der Waals surface area (Å²) < 4.78 is 16.0. The molecule has 0 bridgehead atoms. The third kappa shape index (κ3) is 4.83. The van der Waals surface area contributed by atoms with Gasteiger partial charge in [0.2, 0.25) is 5.91 Å². The molecule has 0 spiro atoms. The van der Waals surface area contributed by atoms with Crippen LogP contribution in [0.1, 0.15) is 61.2 Å². The highest BCUT2D eigenvalue weighted by Crippen LogP contribution is 2.40. The van der Waals surface area contributed by atoms with Crippen molar-refractivity contribution in [2.24, 2.45) is 5.41 Å². The molecule has 0 radical (unpaired) electrons. The number of hydrogen-bond donors (Lipinski definition) is 0. The van der Waals surface area contributed by atoms with E-state index in [2.05, 4.69) is 5.16 Å². The molecular weight excluding hydrogens is 390 g/mol. The Kier molecular flexibility index (Phi) is 6.08. The summed E-state index contributed by atoms with van der Waals surface area (Å²) in [5, 5.41) is 3.95. The average molecular weight is 419 g/mol. The van der Waals surface area contributed by atoms with Crippen LogP contribution in [-0.2, 0) is 19.1 Å². The van der Waals surface area contributed by atoms with E-state index in [1.54, 1.807) is 11.0 Å². The van der Waals surface area contributed by atoms with Gasteiger partial charge in [-0.15, -0.1) is 0 Å². The number of piperidine rings is 1. The van der Waals surface area contributed by atoms with Gasteiger partial charge in [-0.25, -0.2) is 0 Å². The molecule has 3 fully saturated rings. The Labute approximate surface area is 175 Å². The first-order chi connectivity index (χ1) is 14.5. The first kappa shape index (κ1) is 20.8. The number of carbonyl (C=O) groups excluding carboxylic acids is 3. The van der Waals surface area contributed by atoms with Gasteiger partial charge in [0.25, 0.3) is 5.91 Å². The van der Waals surface area contributed by atoms with Gasteiger partial charge >= 0.3 is 5.97 Å². The zero-order valence-corrected chi connectivity index (χ0v) is 17.4. The zero-order chi connectivity index (χ0) is 21.1. The van der Waals surface area contributed by atoms with E-state index >= 15 is 0 Å². The predicted octanol–water partition coefficient (Wildman–Crippen LogP) is 1.59. The standard InChI is InChI=1S/C21H29N3O6/c1-15(25)29-14-21(13-19(26)23-8-10-28-11-9-23)4-6-24(7-5-21)20(27)17-12-18(30-22-17)16-2-3-16/h12,16H,2-11,13-14H2,1H3. The lowest BCUT2D eigenvalue weighted by Crippen LogP contribution is -2.49. The minimum absolute atomic E-state index is 0.0517. The fourth-order valence-corrected chi connectivity index (χ4v) is 4.17. The summed E-state index contributed by atoms with van der Waals surface area (Å²) >= 11 is 0. The summed E-state index contributed by atoms with van der Waals surface area (Å²) in [5.41, 5.74) is -0.116. The molecule has 9 heteroatoms. The van der Waals surface area contributed by atoms with Gasteiger partial charge in [-0.3, -0.25) is 14.4 Å². The van der Waals surface area contributed by atoms with Gasteiger partial charge in [-0.2, -0.15) is 0 Å². The van der Waals surface area contributed by atoms with E-state index in [0.29, 0.717) is 70.3 Å². The Balaban J connectivity index is 1.38. The fraction of sp³-hybridized carbons (Fsp3) is 0.714. The number of hydrogen-bond acceptors (Lipinski definition) is 7. The van der Waals surface area contributed by atoms with Gasteiger partial charge in [0.1, 0.15) is 5.76 Å². The molecule has 1 aromatic rings. The van der Waals surface area contributed by atoms with E-state index in [9.17, 15) is 14.4 Å². The Morgan fingerprint density at radius 1 is 1.13 bits per heavy atom. The normalized spacial score (nSPS) is 21.4. The van der Waals surface area contributed by atoms with Gasteiger partial charge in [0.05, 0.1) is 19.8 Å². The smallest absolute Gasteiger partial charge is 0.302 e. The summed E-state index contributed by atoms with van der Waals surface area (Å²) in [7, 11) is 0. The van der Waals surface area contributed by atoms with Crippen molar-refractivity contribution in [3.05, 3.63) is 17.5 Å². The molecule has 2 saturated heterocycles. The highest BCUT2D eigenvalue weighted by atomic mass is 16.5. The number of carbonyl (C=O) groups is 3. The van der Waals surface area contributed by atoms with Crippen LogP contribution in [0.15, 0.2) is 10.6 Å². The zero-order valence-electron chi connectivity index (χ0n) is 17.4. The Morgan fingerprint density at radius 3 is 2.47 bits per heavy atom. The van der Waals surface area contributed by atoms with Gasteiger partial charge in [-0.05, 0) is 25.7 Å². The number of amides is 2. The van der Waals surface area contributed by atoms with Crippen molar-refractivity contribution in [3.63, 3.8) is 0 Å². The third-order valence-corrected chi connectivity index (χ3v) is 6.31. The number of likely N-dealkylation sites (tertiary alicyclic amines) is 1. The van der Waals surface area contributed by atoms with Crippen molar-refractivity contribution in [2.45, 2.75) is 44.9 Å². The van der Waals surface area contributed by atoms with E-state index in [0.717, 1.165) is 18.6 Å². The minimum Gasteiger partial charge on any atom is -0.465 e. The lowest BCUT2D eigenvalue weighted by Gasteiger charge is -2.42. The Bertz CT molecular complexity index is 788. The quantitative estimate of drug-likeness (QED) is 0.645. The first-order valence-corrected chi connectivity index (χ1v) is 10.7. The van der Waals surface area contributed by atoms with Crippen LogP contribution in [0.2, 0.25) is 0 Å². The van der Waals surface area contributed by atoms with Crippen molar-refractivity contribution in [3.8, 4) is 0 Å². The summed E-state index contributed by atoms with van der Waals surface area (Å²) in [6.07, 6.45) is 3.66. The molecule has 1 aromatic heterocycles. The molecule has 1 saturated carbocycles. The van der Waals surface area contributed by atoms with Gasteiger partial charge < -0.3 is 23.8 Å². The predicted molar refractivity (Wildman–Crippen MR) is 105 cm³/mol. The molecule has 0 N–H and O–H groups in total. The van der Waals surface area contributed by atoms with Crippen LogP contribution in [0.25, 0.3) is 0 Å². The molecule has 0 aromatic carbocycles. The van der Waals surface area contributed by atoms with Crippen molar-refractivity contribution in [1.29, 1.82) is 0 Å². The molecule has 0 unspecified atom stereocenters. The van der Waals surface area contributed by atoms with Crippen LogP contribution in [0.5, 0.6) is 0 Å². The molecule has 3 heterocycles. The Morgan fingerprint density at radius 2 is 1.83 bits per heavy atom. The van der Waals surface area contributed by atoms with E-state index in [1.807, 2.05) is 4.90 Å². The molecule has 2 amide bonds. The fourth-order valence-electron chi connectivity index (χ4n) is 4.17. The lowest BCUT2D eigenvalue weighted by atomic mass is 9.75. The average Bonchev–Trinajstić information content (AvgIpc) is 3.49. The number of esters is 1. The van der Waals surface area contributed by atoms with Crippen LogP contribution in [0, 0.1) is 5.41 Å². The number of nitrogens with zero attached hydrogens (tertiary/aromatic N) is 3. The summed E-state index contributed by atoms with van der Waals surface area (Å²) in [4.78, 5) is 40.7. The molecule has 3 aliphatic rings. The lowest BCUT2D eigenvalue weighted by molar-refractivity contribution is -0.150. The van der Waals surface area contributed by atoms with Gasteiger partial charge in [-0.1, -0.05) is 5.16 Å². The van der Waals surface area contributed by atoms with Gasteiger partial charge in [0, 0.05) is 56.9 Å². The van der Waals surface area contributed by atoms with E-state index in [-0.39, 0.29) is 24.4 Å². The summed E-state index contributed by atoms with van der Waals surface area (Å²) in [5.74, 6) is 0.739. The monoisotopic (exact) mass is 419 g/mol. The maximum absolute atomic E-state index is 12.9. The molecule has 2 aliphatic heterocycles. The second-order valence-corrected chi connectivity index (χ2v) is 8.63. The number of aromatic nitrogens is 1. The first-order valence-electron chi connectivity index (χ1n) is 10.7. The highest BCUT2D eigenvalue weighted by molar-refractivity contribution is 5.92. The number of morpholine rings is 1. The highest BCUT2D eigenvalue weighted by Gasteiger charge is 2.41. The largest absolute Gasteiger partial charge is 0.465 e. The third-order valence-electron chi connectivity index (χ3n) is 6.31. The van der Waals surface area contributed by atoms with Crippen LogP contribution in [0.3, 0.4) is 0 Å². The molecular formula is C21H29N3O6.